The normalized spacial score (nSPS) is 10.8. The number of methoxy groups -OCH3 is 1. The van der Waals surface area contributed by atoms with E-state index in [2.05, 4.69) is 11.1 Å². The molecule has 0 spiro atoms. The Morgan fingerprint density at radius 2 is 2.05 bits per heavy atom. The SMILES string of the molecule is COc1ccc(C)cc1-c1nc(CCO)c(C)n1C. The second kappa shape index (κ2) is 5.45. The van der Waals surface area contributed by atoms with Crippen LogP contribution in [0.1, 0.15) is 17.0 Å². The van der Waals surface area contributed by atoms with Gasteiger partial charge in [0.25, 0.3) is 0 Å². The summed E-state index contributed by atoms with van der Waals surface area (Å²) in [5, 5.41) is 9.09. The Kier molecular flexibility index (Phi) is 3.90. The van der Waals surface area contributed by atoms with Crippen LogP contribution in [0.3, 0.4) is 0 Å². The second-order valence-corrected chi connectivity index (χ2v) is 4.70. The first-order valence-electron chi connectivity index (χ1n) is 6.36. The van der Waals surface area contributed by atoms with E-state index < -0.39 is 0 Å². The zero-order valence-corrected chi connectivity index (χ0v) is 11.9. The molecule has 0 bridgehead atoms. The molecule has 4 nitrogen and oxygen atoms in total. The van der Waals surface area contributed by atoms with Crippen molar-refractivity contribution in [1.29, 1.82) is 0 Å². The molecule has 0 atom stereocenters. The van der Waals surface area contributed by atoms with Crippen LogP contribution in [0, 0.1) is 13.8 Å². The number of aryl methyl sites for hydroxylation is 1. The topological polar surface area (TPSA) is 47.3 Å². The summed E-state index contributed by atoms with van der Waals surface area (Å²) < 4.78 is 7.46. The van der Waals surface area contributed by atoms with Crippen molar-refractivity contribution in [3.63, 3.8) is 0 Å². The van der Waals surface area contributed by atoms with Crippen LogP contribution < -0.4 is 4.74 Å². The summed E-state index contributed by atoms with van der Waals surface area (Å²) in [5.41, 5.74) is 4.16. The van der Waals surface area contributed by atoms with E-state index >= 15 is 0 Å². The number of hydrogen-bond acceptors (Lipinski definition) is 3. The first kappa shape index (κ1) is 13.6. The predicted octanol–water partition coefficient (Wildman–Crippen LogP) is 2.25. The Bertz CT molecular complexity index is 588. The fourth-order valence-electron chi connectivity index (χ4n) is 2.22. The number of aromatic nitrogens is 2. The standard InChI is InChI=1S/C15H20N2O2/c1-10-5-6-14(19-4)12(9-10)15-16-13(7-8-18)11(2)17(15)3/h5-6,9,18H,7-8H2,1-4H3. The predicted molar refractivity (Wildman–Crippen MR) is 75.5 cm³/mol. The molecule has 0 saturated heterocycles. The summed E-state index contributed by atoms with van der Waals surface area (Å²) in [7, 11) is 3.65. The Labute approximate surface area is 113 Å². The molecule has 0 unspecified atom stereocenters. The molecule has 0 aliphatic rings. The third-order valence-corrected chi connectivity index (χ3v) is 3.42. The molecule has 1 N–H and O–H groups in total. The van der Waals surface area contributed by atoms with E-state index in [4.69, 9.17) is 9.84 Å². The molecule has 4 heteroatoms. The average molecular weight is 260 g/mol. The lowest BCUT2D eigenvalue weighted by atomic mass is 10.1. The van der Waals surface area contributed by atoms with Gasteiger partial charge in [0.05, 0.1) is 18.4 Å². The minimum atomic E-state index is 0.113. The van der Waals surface area contributed by atoms with Crippen molar-refractivity contribution in [2.45, 2.75) is 20.3 Å². The van der Waals surface area contributed by atoms with Gasteiger partial charge in [0.2, 0.25) is 0 Å². The van der Waals surface area contributed by atoms with Gasteiger partial charge in [0.1, 0.15) is 11.6 Å². The first-order chi connectivity index (χ1) is 9.08. The maximum atomic E-state index is 9.09. The van der Waals surface area contributed by atoms with E-state index in [0.29, 0.717) is 6.42 Å². The van der Waals surface area contributed by atoms with Crippen LogP contribution in [0.25, 0.3) is 11.4 Å². The number of hydrogen-bond donors (Lipinski definition) is 1. The highest BCUT2D eigenvalue weighted by Crippen LogP contribution is 2.31. The zero-order valence-electron chi connectivity index (χ0n) is 11.9. The Morgan fingerprint density at radius 3 is 2.68 bits per heavy atom. The van der Waals surface area contributed by atoms with Crippen molar-refractivity contribution < 1.29 is 9.84 Å². The fraction of sp³-hybridized carbons (Fsp3) is 0.400. The van der Waals surface area contributed by atoms with E-state index in [1.54, 1.807) is 7.11 Å². The quantitative estimate of drug-likeness (QED) is 0.917. The molecule has 0 saturated carbocycles. The molecule has 2 rings (SSSR count). The maximum absolute atomic E-state index is 9.09. The maximum Gasteiger partial charge on any atom is 0.143 e. The second-order valence-electron chi connectivity index (χ2n) is 4.70. The van der Waals surface area contributed by atoms with Gasteiger partial charge in [-0.25, -0.2) is 4.98 Å². The van der Waals surface area contributed by atoms with Gasteiger partial charge in [-0.2, -0.15) is 0 Å². The minimum Gasteiger partial charge on any atom is -0.496 e. The molecule has 2 aromatic rings. The smallest absolute Gasteiger partial charge is 0.143 e. The van der Waals surface area contributed by atoms with Gasteiger partial charge in [-0.05, 0) is 26.0 Å². The summed E-state index contributed by atoms with van der Waals surface area (Å²) >= 11 is 0. The van der Waals surface area contributed by atoms with Crippen LogP contribution in [-0.2, 0) is 13.5 Å². The third kappa shape index (κ3) is 2.49. The van der Waals surface area contributed by atoms with Gasteiger partial charge in [-0.15, -0.1) is 0 Å². The van der Waals surface area contributed by atoms with E-state index in [1.807, 2.05) is 37.6 Å². The number of aliphatic hydroxyl groups excluding tert-OH is 1. The average Bonchev–Trinajstić information content (AvgIpc) is 2.67. The van der Waals surface area contributed by atoms with Crippen LogP contribution in [-0.4, -0.2) is 28.4 Å². The van der Waals surface area contributed by atoms with Gasteiger partial charge >= 0.3 is 0 Å². The molecular weight excluding hydrogens is 240 g/mol. The highest BCUT2D eigenvalue weighted by molar-refractivity contribution is 5.66. The lowest BCUT2D eigenvalue weighted by Crippen LogP contribution is -1.98. The molecule has 19 heavy (non-hydrogen) atoms. The van der Waals surface area contributed by atoms with Gasteiger partial charge in [0, 0.05) is 25.8 Å². The first-order valence-corrected chi connectivity index (χ1v) is 6.36. The molecule has 102 valence electrons. The molecule has 0 fully saturated rings. The van der Waals surface area contributed by atoms with Crippen LogP contribution in [0.4, 0.5) is 0 Å². The summed E-state index contributed by atoms with van der Waals surface area (Å²) in [4.78, 5) is 4.64. The van der Waals surface area contributed by atoms with Gasteiger partial charge in [-0.1, -0.05) is 11.6 Å². The molecule has 1 aromatic heterocycles. The van der Waals surface area contributed by atoms with Crippen molar-refractivity contribution in [3.8, 4) is 17.1 Å². The third-order valence-electron chi connectivity index (χ3n) is 3.42. The van der Waals surface area contributed by atoms with E-state index in [1.165, 1.54) is 5.56 Å². The van der Waals surface area contributed by atoms with Gasteiger partial charge in [-0.3, -0.25) is 0 Å². The molecule has 1 aromatic carbocycles. The summed E-state index contributed by atoms with van der Waals surface area (Å²) in [6.07, 6.45) is 0.577. The molecule has 0 aliphatic carbocycles. The van der Waals surface area contributed by atoms with E-state index in [9.17, 15) is 0 Å². The molecule has 0 aliphatic heterocycles. The zero-order chi connectivity index (χ0) is 14.0. The number of nitrogens with zero attached hydrogens (tertiary/aromatic N) is 2. The Balaban J connectivity index is 2.58. The lowest BCUT2D eigenvalue weighted by molar-refractivity contribution is 0.298. The number of rotatable bonds is 4. The molecular formula is C15H20N2O2. The van der Waals surface area contributed by atoms with E-state index in [0.717, 1.165) is 28.5 Å². The van der Waals surface area contributed by atoms with E-state index in [-0.39, 0.29) is 6.61 Å². The van der Waals surface area contributed by atoms with Crippen molar-refractivity contribution >= 4 is 0 Å². The van der Waals surface area contributed by atoms with Crippen molar-refractivity contribution in [3.05, 3.63) is 35.2 Å². The van der Waals surface area contributed by atoms with Crippen LogP contribution in [0.2, 0.25) is 0 Å². The number of benzene rings is 1. The summed E-state index contributed by atoms with van der Waals surface area (Å²) in [6, 6.07) is 6.05. The van der Waals surface area contributed by atoms with Crippen LogP contribution >= 0.6 is 0 Å². The molecule has 0 amide bonds. The minimum absolute atomic E-state index is 0.113. The number of ether oxygens (including phenoxy) is 1. The summed E-state index contributed by atoms with van der Waals surface area (Å²) in [6.45, 7) is 4.18. The largest absolute Gasteiger partial charge is 0.496 e. The Morgan fingerprint density at radius 1 is 1.32 bits per heavy atom. The van der Waals surface area contributed by atoms with Crippen molar-refractivity contribution in [2.24, 2.45) is 7.05 Å². The lowest BCUT2D eigenvalue weighted by Gasteiger charge is -2.09. The van der Waals surface area contributed by atoms with Crippen molar-refractivity contribution in [1.82, 2.24) is 9.55 Å². The Hall–Kier alpha value is -1.81. The fourth-order valence-corrected chi connectivity index (χ4v) is 2.22. The van der Waals surface area contributed by atoms with Gasteiger partial charge in [0.15, 0.2) is 0 Å². The van der Waals surface area contributed by atoms with Crippen molar-refractivity contribution in [2.75, 3.05) is 13.7 Å². The number of imidazole rings is 1. The molecule has 1 heterocycles. The highest BCUT2D eigenvalue weighted by Gasteiger charge is 2.15. The van der Waals surface area contributed by atoms with Crippen LogP contribution in [0.5, 0.6) is 5.75 Å². The van der Waals surface area contributed by atoms with Gasteiger partial charge < -0.3 is 14.4 Å². The monoisotopic (exact) mass is 260 g/mol. The molecule has 0 radical (unpaired) electrons. The summed E-state index contributed by atoms with van der Waals surface area (Å²) in [5.74, 6) is 1.69. The number of aliphatic hydroxyl groups is 1. The van der Waals surface area contributed by atoms with Crippen LogP contribution in [0.15, 0.2) is 18.2 Å². The highest BCUT2D eigenvalue weighted by atomic mass is 16.5.